The second-order valence-corrected chi connectivity index (χ2v) is 21.3. The molecule has 0 aromatic rings. The molecule has 0 rings (SSSR count). The Morgan fingerprint density at radius 1 is 0.288 bits per heavy atom. The number of carbonyl (C=O) groups is 3. The predicted octanol–water partition coefficient (Wildman–Crippen LogP) is 21.6. The largest absolute Gasteiger partial charge is 0.462 e. The molecule has 0 radical (unpaired) electrons. The van der Waals surface area contributed by atoms with Crippen LogP contribution in [0.1, 0.15) is 329 Å². The highest BCUT2D eigenvalue weighted by Gasteiger charge is 2.19. The molecule has 0 saturated carbocycles. The summed E-state index contributed by atoms with van der Waals surface area (Å²) in [6.45, 7) is 6.51. The third-order valence-electron chi connectivity index (χ3n) is 14.0. The molecule has 0 saturated heterocycles. The molecule has 0 spiro atoms. The minimum Gasteiger partial charge on any atom is -0.462 e. The van der Waals surface area contributed by atoms with Crippen molar-refractivity contribution >= 4 is 17.9 Å². The molecule has 6 nitrogen and oxygen atoms in total. The van der Waals surface area contributed by atoms with Gasteiger partial charge in [-0.2, -0.15) is 0 Å². The molecule has 0 aliphatic rings. The van der Waals surface area contributed by atoms with Crippen molar-refractivity contribution in [2.24, 2.45) is 0 Å². The Balaban J connectivity index is 4.07. The first-order chi connectivity index (χ1) is 36.0. The highest BCUT2D eigenvalue weighted by Crippen LogP contribution is 2.17. The number of ether oxygens (including phenoxy) is 3. The molecule has 73 heavy (non-hydrogen) atoms. The summed E-state index contributed by atoms with van der Waals surface area (Å²) < 4.78 is 16.8. The number of hydrogen-bond donors (Lipinski definition) is 0. The molecule has 424 valence electrons. The van der Waals surface area contributed by atoms with Gasteiger partial charge in [0, 0.05) is 19.3 Å². The smallest absolute Gasteiger partial charge is 0.306 e. The summed E-state index contributed by atoms with van der Waals surface area (Å²) in [7, 11) is 0. The number of unbranched alkanes of at least 4 members (excludes halogenated alkanes) is 37. The van der Waals surface area contributed by atoms with Gasteiger partial charge >= 0.3 is 17.9 Å². The van der Waals surface area contributed by atoms with E-state index in [1.807, 2.05) is 0 Å². The molecule has 0 N–H and O–H groups in total. The van der Waals surface area contributed by atoms with Crippen molar-refractivity contribution in [3.05, 3.63) is 60.8 Å². The van der Waals surface area contributed by atoms with Crippen molar-refractivity contribution in [2.75, 3.05) is 13.2 Å². The topological polar surface area (TPSA) is 78.9 Å². The van der Waals surface area contributed by atoms with E-state index in [0.29, 0.717) is 19.3 Å². The van der Waals surface area contributed by atoms with Crippen LogP contribution in [0.25, 0.3) is 0 Å². The molecule has 0 amide bonds. The van der Waals surface area contributed by atoms with Crippen LogP contribution in [0.3, 0.4) is 0 Å². The van der Waals surface area contributed by atoms with Crippen molar-refractivity contribution in [1.29, 1.82) is 0 Å². The molecule has 1 unspecified atom stereocenters. The number of allylic oxidation sites excluding steroid dienone is 10. The van der Waals surface area contributed by atoms with Gasteiger partial charge in [-0.25, -0.2) is 0 Å². The monoisotopic (exact) mass is 1020 g/mol. The molecule has 0 aliphatic heterocycles. The minimum absolute atomic E-state index is 0.0771. The molecule has 0 heterocycles. The lowest BCUT2D eigenvalue weighted by Gasteiger charge is -2.18. The van der Waals surface area contributed by atoms with E-state index in [-0.39, 0.29) is 31.1 Å². The van der Waals surface area contributed by atoms with Crippen molar-refractivity contribution in [3.63, 3.8) is 0 Å². The molecule has 0 fully saturated rings. The van der Waals surface area contributed by atoms with Crippen LogP contribution in [-0.2, 0) is 28.6 Å². The quantitative estimate of drug-likeness (QED) is 0.0261. The summed E-state index contributed by atoms with van der Waals surface area (Å²) >= 11 is 0. The van der Waals surface area contributed by atoms with Gasteiger partial charge in [-0.3, -0.25) is 14.4 Å². The first-order valence-corrected chi connectivity index (χ1v) is 31.8. The zero-order valence-electron chi connectivity index (χ0n) is 48.7. The summed E-state index contributed by atoms with van der Waals surface area (Å²) in [4.78, 5) is 38.0. The van der Waals surface area contributed by atoms with E-state index in [1.54, 1.807) is 0 Å². The standard InChI is InChI=1S/C67H120O6/c1-4-7-10-13-16-18-20-22-24-26-28-29-30-31-32-33-34-35-36-37-39-40-42-44-46-48-51-54-57-60-66(69)72-63-64(62-71-65(68)59-56-53-50-15-12-9-6-3)73-67(70)61-58-55-52-49-47-45-43-41-38-27-25-23-21-19-17-14-11-8-5-2/h8,11,17,19,23,25-26,28,38,41,64H,4-7,9-10,12-16,18,20-22,24,27,29-37,39-40,42-63H2,1-3H3/b11-8-,19-17-,25-23-,28-26-,41-38-. The third kappa shape index (κ3) is 59.9. The van der Waals surface area contributed by atoms with E-state index in [1.165, 1.54) is 193 Å². The Hall–Kier alpha value is -2.89. The molecule has 0 bridgehead atoms. The van der Waals surface area contributed by atoms with Crippen LogP contribution in [0.5, 0.6) is 0 Å². The fourth-order valence-electron chi connectivity index (χ4n) is 9.25. The normalized spacial score (nSPS) is 12.4. The van der Waals surface area contributed by atoms with Crippen LogP contribution in [0.4, 0.5) is 0 Å². The van der Waals surface area contributed by atoms with Crippen molar-refractivity contribution < 1.29 is 28.6 Å². The van der Waals surface area contributed by atoms with Crippen molar-refractivity contribution in [1.82, 2.24) is 0 Å². The highest BCUT2D eigenvalue weighted by molar-refractivity contribution is 5.71. The number of carbonyl (C=O) groups excluding carboxylic acids is 3. The highest BCUT2D eigenvalue weighted by atomic mass is 16.6. The van der Waals surface area contributed by atoms with E-state index >= 15 is 0 Å². The van der Waals surface area contributed by atoms with Gasteiger partial charge < -0.3 is 14.2 Å². The second kappa shape index (κ2) is 61.7. The van der Waals surface area contributed by atoms with Crippen LogP contribution in [0.2, 0.25) is 0 Å². The van der Waals surface area contributed by atoms with E-state index in [0.717, 1.165) is 96.3 Å². The SMILES string of the molecule is CC/C=C\C/C=C\C/C=C\C/C=C\CCCCCCCCC(=O)OC(COC(=O)CCCCCCCCC)COC(=O)CCCCCCCCCCCCCCCCCCC/C=C\CCCCCCCCCC. The Morgan fingerprint density at radius 2 is 0.534 bits per heavy atom. The molecular formula is C67H120O6. The van der Waals surface area contributed by atoms with E-state index in [2.05, 4.69) is 81.5 Å². The second-order valence-electron chi connectivity index (χ2n) is 21.3. The summed E-state index contributed by atoms with van der Waals surface area (Å²) in [5.74, 6) is -0.884. The fraction of sp³-hybridized carbons (Fsp3) is 0.806. The summed E-state index contributed by atoms with van der Waals surface area (Å²) in [5.41, 5.74) is 0. The van der Waals surface area contributed by atoms with Crippen molar-refractivity contribution in [2.45, 2.75) is 335 Å². The maximum atomic E-state index is 12.8. The Labute approximate surface area is 453 Å². The summed E-state index contributed by atoms with van der Waals surface area (Å²) in [6.07, 6.45) is 78.4. The number of rotatable bonds is 58. The summed E-state index contributed by atoms with van der Waals surface area (Å²) in [5, 5.41) is 0. The average molecular weight is 1020 g/mol. The van der Waals surface area contributed by atoms with Gasteiger partial charge in [0.1, 0.15) is 13.2 Å². The fourth-order valence-corrected chi connectivity index (χ4v) is 9.25. The first-order valence-electron chi connectivity index (χ1n) is 31.8. The predicted molar refractivity (Wildman–Crippen MR) is 316 cm³/mol. The number of esters is 3. The van der Waals surface area contributed by atoms with E-state index in [9.17, 15) is 14.4 Å². The van der Waals surface area contributed by atoms with Gasteiger partial charge in [0.25, 0.3) is 0 Å². The van der Waals surface area contributed by atoms with Gasteiger partial charge in [-0.1, -0.05) is 287 Å². The lowest BCUT2D eigenvalue weighted by molar-refractivity contribution is -0.167. The molecule has 1 atom stereocenters. The lowest BCUT2D eigenvalue weighted by atomic mass is 10.0. The maximum absolute atomic E-state index is 12.8. The van der Waals surface area contributed by atoms with Gasteiger partial charge in [0.15, 0.2) is 6.10 Å². The van der Waals surface area contributed by atoms with Gasteiger partial charge in [0.05, 0.1) is 0 Å². The van der Waals surface area contributed by atoms with E-state index in [4.69, 9.17) is 14.2 Å². The Kier molecular flexibility index (Phi) is 59.2. The van der Waals surface area contributed by atoms with Crippen molar-refractivity contribution in [3.8, 4) is 0 Å². The molecule has 0 aliphatic carbocycles. The van der Waals surface area contributed by atoms with Gasteiger partial charge in [-0.05, 0) is 83.5 Å². The lowest BCUT2D eigenvalue weighted by Crippen LogP contribution is -2.30. The third-order valence-corrected chi connectivity index (χ3v) is 14.0. The first kappa shape index (κ1) is 70.1. The summed E-state index contributed by atoms with van der Waals surface area (Å²) in [6, 6.07) is 0. The molecule has 6 heteroatoms. The van der Waals surface area contributed by atoms with Gasteiger partial charge in [-0.15, -0.1) is 0 Å². The maximum Gasteiger partial charge on any atom is 0.306 e. The van der Waals surface area contributed by atoms with Crippen LogP contribution >= 0.6 is 0 Å². The van der Waals surface area contributed by atoms with Gasteiger partial charge in [0.2, 0.25) is 0 Å². The van der Waals surface area contributed by atoms with Crippen LogP contribution in [0, 0.1) is 0 Å². The van der Waals surface area contributed by atoms with E-state index < -0.39 is 6.10 Å². The Bertz CT molecular complexity index is 1310. The Morgan fingerprint density at radius 3 is 0.849 bits per heavy atom. The molecule has 0 aromatic carbocycles. The van der Waals surface area contributed by atoms with Crippen LogP contribution in [-0.4, -0.2) is 37.2 Å². The zero-order chi connectivity index (χ0) is 52.9. The molecular weight excluding hydrogens is 901 g/mol. The average Bonchev–Trinajstić information content (AvgIpc) is 3.39. The zero-order valence-corrected chi connectivity index (χ0v) is 48.7. The number of hydrogen-bond acceptors (Lipinski definition) is 6. The van der Waals surface area contributed by atoms with Crippen LogP contribution in [0.15, 0.2) is 60.8 Å². The minimum atomic E-state index is -0.778. The van der Waals surface area contributed by atoms with Crippen LogP contribution < -0.4 is 0 Å². The molecule has 0 aromatic heterocycles.